The van der Waals surface area contributed by atoms with Gasteiger partial charge in [-0.2, -0.15) is 13.2 Å². The van der Waals surface area contributed by atoms with Crippen molar-refractivity contribution in [3.05, 3.63) is 59.2 Å². The third kappa shape index (κ3) is 7.50. The van der Waals surface area contributed by atoms with Crippen LogP contribution in [0, 0.1) is 11.3 Å². The van der Waals surface area contributed by atoms with Gasteiger partial charge in [0.15, 0.2) is 0 Å². The molecule has 1 amide bonds. The maximum atomic E-state index is 17.9. The number of carbonyl (C=O) groups excluding carboxylic acids is 1. The molecule has 2 aromatic rings. The second kappa shape index (κ2) is 15.1. The monoisotopic (exact) mass is 733 g/mol. The zero-order chi connectivity index (χ0) is 37.4. The highest BCUT2D eigenvalue weighted by Crippen LogP contribution is 2.47. The molecule has 13 heteroatoms. The average Bonchev–Trinajstić information content (AvgIpc) is 3.73. The number of hydrogen-bond donors (Lipinski definition) is 1. The summed E-state index contributed by atoms with van der Waals surface area (Å²) in [7, 11) is 4.81. The summed E-state index contributed by atoms with van der Waals surface area (Å²) >= 11 is 0. The summed E-state index contributed by atoms with van der Waals surface area (Å²) in [6.45, 7) is 3.05. The van der Waals surface area contributed by atoms with E-state index in [-0.39, 0.29) is 70.2 Å². The summed E-state index contributed by atoms with van der Waals surface area (Å²) < 4.78 is 76.5. The van der Waals surface area contributed by atoms with E-state index in [4.69, 9.17) is 14.2 Å². The number of ether oxygens (including phenoxy) is 3. The number of carboxylic acid groups (broad SMARTS) is 1. The van der Waals surface area contributed by atoms with Gasteiger partial charge < -0.3 is 29.1 Å². The molecule has 0 radical (unpaired) electrons. The molecule has 1 saturated carbocycles. The van der Waals surface area contributed by atoms with E-state index in [2.05, 4.69) is 4.90 Å². The number of anilines is 1. The number of halogens is 4. The number of carbonyl (C=O) groups is 2. The number of likely N-dealkylation sites (tertiary alicyclic amines) is 2. The lowest BCUT2D eigenvalue weighted by atomic mass is 9.79. The highest BCUT2D eigenvalue weighted by atomic mass is 19.4. The fourth-order valence-corrected chi connectivity index (χ4v) is 8.99. The highest BCUT2D eigenvalue weighted by molar-refractivity contribution is 5.88. The van der Waals surface area contributed by atoms with Crippen molar-refractivity contribution in [3.63, 3.8) is 0 Å². The second-order valence-corrected chi connectivity index (χ2v) is 15.4. The van der Waals surface area contributed by atoms with E-state index in [1.54, 1.807) is 38.2 Å². The number of alkyl halides is 4. The Balaban J connectivity index is 1.31. The lowest BCUT2D eigenvalue weighted by Gasteiger charge is -2.39. The SMILES string of the molecule is COC[C@H]1CN(C(=O)[C@]2(F)CN([C@H]3CC[C@H](OC)CC3)C[C@H]2c2ccc(OC)cc2)C[C@@H]1c1ccc(C(F)(F)F)cc1N1CCC(C)(C(=O)O)CC1. The normalized spacial score (nSPS) is 29.7. The van der Waals surface area contributed by atoms with Gasteiger partial charge in [0.1, 0.15) is 5.75 Å². The van der Waals surface area contributed by atoms with Crippen LogP contribution in [0.3, 0.4) is 0 Å². The maximum absolute atomic E-state index is 17.9. The van der Waals surface area contributed by atoms with Crippen LogP contribution in [0.5, 0.6) is 5.75 Å². The molecule has 3 aliphatic heterocycles. The Hall–Kier alpha value is -3.42. The molecule has 286 valence electrons. The van der Waals surface area contributed by atoms with Crippen LogP contribution in [-0.2, 0) is 25.2 Å². The van der Waals surface area contributed by atoms with Gasteiger partial charge in [-0.05, 0) is 80.8 Å². The molecular weight excluding hydrogens is 682 g/mol. The molecule has 4 aliphatic rings. The molecule has 3 heterocycles. The Labute approximate surface area is 303 Å². The molecule has 6 rings (SSSR count). The molecule has 52 heavy (non-hydrogen) atoms. The molecule has 3 saturated heterocycles. The predicted octanol–water partition coefficient (Wildman–Crippen LogP) is 6.36. The number of aliphatic carboxylic acids is 1. The number of nitrogens with zero attached hydrogens (tertiary/aromatic N) is 3. The average molecular weight is 734 g/mol. The Kier molecular flexibility index (Phi) is 11.2. The van der Waals surface area contributed by atoms with Crippen molar-refractivity contribution in [1.29, 1.82) is 0 Å². The van der Waals surface area contributed by atoms with Crippen LogP contribution >= 0.6 is 0 Å². The molecule has 0 spiro atoms. The summed E-state index contributed by atoms with van der Waals surface area (Å²) in [5.41, 5.74) is -2.32. The van der Waals surface area contributed by atoms with Crippen LogP contribution in [0.2, 0.25) is 0 Å². The first-order chi connectivity index (χ1) is 24.7. The molecule has 1 N–H and O–H groups in total. The minimum atomic E-state index is -4.59. The van der Waals surface area contributed by atoms with E-state index < -0.39 is 46.5 Å². The maximum Gasteiger partial charge on any atom is 0.416 e. The zero-order valence-electron chi connectivity index (χ0n) is 30.5. The number of carboxylic acids is 1. The number of amides is 1. The molecule has 0 aromatic heterocycles. The molecule has 9 nitrogen and oxygen atoms in total. The van der Waals surface area contributed by atoms with Gasteiger partial charge in [0.05, 0.1) is 30.8 Å². The van der Waals surface area contributed by atoms with Gasteiger partial charge in [0.2, 0.25) is 5.67 Å². The van der Waals surface area contributed by atoms with E-state index in [1.165, 1.54) is 13.2 Å². The molecular formula is C39H51F4N3O6. The Morgan fingerprint density at radius 1 is 0.942 bits per heavy atom. The summed E-state index contributed by atoms with van der Waals surface area (Å²) in [4.78, 5) is 32.1. The molecule has 2 aromatic carbocycles. The van der Waals surface area contributed by atoms with Crippen molar-refractivity contribution in [2.45, 2.75) is 81.3 Å². The Bertz CT molecular complexity index is 1570. The molecule has 0 unspecified atom stereocenters. The zero-order valence-corrected chi connectivity index (χ0v) is 30.5. The van der Waals surface area contributed by atoms with E-state index in [1.807, 2.05) is 17.0 Å². The van der Waals surface area contributed by atoms with Crippen molar-refractivity contribution in [2.75, 3.05) is 72.1 Å². The van der Waals surface area contributed by atoms with Gasteiger partial charge in [-0.25, -0.2) is 4.39 Å². The van der Waals surface area contributed by atoms with Crippen LogP contribution in [0.1, 0.15) is 74.0 Å². The first-order valence-electron chi connectivity index (χ1n) is 18.3. The number of benzene rings is 2. The van der Waals surface area contributed by atoms with Crippen molar-refractivity contribution in [2.24, 2.45) is 11.3 Å². The van der Waals surface area contributed by atoms with E-state index in [9.17, 15) is 27.9 Å². The number of piperidine rings is 1. The van der Waals surface area contributed by atoms with Crippen molar-refractivity contribution < 1.29 is 46.5 Å². The topological polar surface area (TPSA) is 91.8 Å². The van der Waals surface area contributed by atoms with Crippen LogP contribution in [0.4, 0.5) is 23.2 Å². The molecule has 4 fully saturated rings. The fraction of sp³-hybridized carbons (Fsp3) is 0.641. The van der Waals surface area contributed by atoms with Crippen molar-refractivity contribution in [1.82, 2.24) is 9.80 Å². The highest BCUT2D eigenvalue weighted by Gasteiger charge is 2.57. The summed E-state index contributed by atoms with van der Waals surface area (Å²) in [5.74, 6) is -2.38. The standard InChI is InChI=1S/C39H51F4N3O6/c1-37(36(48)49)15-17-44(18-16-37)34-19-27(39(41,42)43)7-14-31(34)32-21-45(20-26(32)23-50-2)35(47)38(40)24-46(28-8-12-30(52-4)13-9-28)22-33(38)25-5-10-29(51-3)11-6-25/h5-7,10-11,14,19,26,28,30,32-33H,8-9,12-13,15-18,20-24H2,1-4H3,(H,48,49)/t26-,28-,30-,32+,33+,38+/m1/s1. The molecule has 1 aliphatic carbocycles. The lowest BCUT2D eigenvalue weighted by molar-refractivity contribution is -0.149. The van der Waals surface area contributed by atoms with Crippen LogP contribution in [-0.4, -0.2) is 112 Å². The summed E-state index contributed by atoms with van der Waals surface area (Å²) in [6, 6.07) is 11.0. The number of methoxy groups -OCH3 is 3. The third-order valence-electron chi connectivity index (χ3n) is 12.4. The molecule has 0 bridgehead atoms. The molecule has 4 atom stereocenters. The fourth-order valence-electron chi connectivity index (χ4n) is 8.99. The quantitative estimate of drug-likeness (QED) is 0.283. The van der Waals surface area contributed by atoms with Gasteiger partial charge in [-0.15, -0.1) is 0 Å². The number of hydrogen-bond acceptors (Lipinski definition) is 7. The predicted molar refractivity (Wildman–Crippen MR) is 188 cm³/mol. The van der Waals surface area contributed by atoms with Crippen molar-refractivity contribution in [3.8, 4) is 5.75 Å². The van der Waals surface area contributed by atoms with E-state index in [0.717, 1.165) is 37.8 Å². The van der Waals surface area contributed by atoms with Gasteiger partial charge in [-0.1, -0.05) is 18.2 Å². The number of rotatable bonds is 10. The van der Waals surface area contributed by atoms with Gasteiger partial charge in [0.25, 0.3) is 5.91 Å². The third-order valence-corrected chi connectivity index (χ3v) is 12.4. The minimum Gasteiger partial charge on any atom is -0.497 e. The largest absolute Gasteiger partial charge is 0.497 e. The first-order valence-corrected chi connectivity index (χ1v) is 18.3. The Morgan fingerprint density at radius 3 is 2.19 bits per heavy atom. The van der Waals surface area contributed by atoms with Gasteiger partial charge in [0, 0.05) is 83.0 Å². The van der Waals surface area contributed by atoms with E-state index >= 15 is 4.39 Å². The first kappa shape index (κ1) is 38.3. The summed E-state index contributed by atoms with van der Waals surface area (Å²) in [5, 5.41) is 9.78. The minimum absolute atomic E-state index is 0.0530. The second-order valence-electron chi connectivity index (χ2n) is 15.4. The van der Waals surface area contributed by atoms with Crippen LogP contribution in [0.15, 0.2) is 42.5 Å². The lowest BCUT2D eigenvalue weighted by Crippen LogP contribution is -2.50. The summed E-state index contributed by atoms with van der Waals surface area (Å²) in [6.07, 6.45) is -0.438. The van der Waals surface area contributed by atoms with Gasteiger partial charge in [-0.3, -0.25) is 14.5 Å². The van der Waals surface area contributed by atoms with Crippen LogP contribution < -0.4 is 9.64 Å². The van der Waals surface area contributed by atoms with Gasteiger partial charge >= 0.3 is 12.1 Å². The Morgan fingerprint density at radius 2 is 1.62 bits per heavy atom. The van der Waals surface area contributed by atoms with Crippen molar-refractivity contribution >= 4 is 17.6 Å². The van der Waals surface area contributed by atoms with E-state index in [0.29, 0.717) is 29.1 Å². The smallest absolute Gasteiger partial charge is 0.416 e. The van der Waals surface area contributed by atoms with Crippen LogP contribution in [0.25, 0.3) is 0 Å².